The molecule has 0 aliphatic carbocycles. The lowest BCUT2D eigenvalue weighted by Crippen LogP contribution is -2.51. The van der Waals surface area contributed by atoms with Gasteiger partial charge in [-0.15, -0.1) is 0 Å². The summed E-state index contributed by atoms with van der Waals surface area (Å²) < 4.78 is 5.09. The fourth-order valence-electron chi connectivity index (χ4n) is 3.94. The minimum Gasteiger partial charge on any atom is -0.497 e. The van der Waals surface area contributed by atoms with E-state index < -0.39 is 6.10 Å². The number of rotatable bonds is 9. The highest BCUT2D eigenvalue weighted by molar-refractivity contribution is 5.94. The van der Waals surface area contributed by atoms with Crippen molar-refractivity contribution >= 4 is 17.5 Å². The Morgan fingerprint density at radius 2 is 1.61 bits per heavy atom. The first-order chi connectivity index (χ1) is 15.9. The third kappa shape index (κ3) is 7.28. The van der Waals surface area contributed by atoms with E-state index in [0.717, 1.165) is 43.0 Å². The van der Waals surface area contributed by atoms with Gasteiger partial charge in [0.15, 0.2) is 0 Å². The van der Waals surface area contributed by atoms with Gasteiger partial charge in [0.05, 0.1) is 19.8 Å². The Labute approximate surface area is 195 Å². The Kier molecular flexibility index (Phi) is 8.82. The monoisotopic (exact) mass is 454 g/mol. The molecule has 3 rings (SSSR count). The van der Waals surface area contributed by atoms with Crippen molar-refractivity contribution in [3.63, 3.8) is 0 Å². The second-order valence-corrected chi connectivity index (χ2v) is 8.48. The average Bonchev–Trinajstić information content (AvgIpc) is 2.81. The Balaban J connectivity index is 1.36. The standard InChI is InChI=1S/C25H34N4O4/c1-18-5-4-6-19(2)24(18)27-23(31)17-29-13-11-28(12-14-29)16-21(30)15-26-25(32)20-7-9-22(33-3)10-8-20/h4-10,21,30H,11-17H2,1-3H3,(H,26,32)(H,27,31). The van der Waals surface area contributed by atoms with Gasteiger partial charge in [0, 0.05) is 50.5 Å². The van der Waals surface area contributed by atoms with E-state index in [9.17, 15) is 14.7 Å². The number of aliphatic hydroxyl groups is 1. The van der Waals surface area contributed by atoms with Crippen LogP contribution < -0.4 is 15.4 Å². The highest BCUT2D eigenvalue weighted by Crippen LogP contribution is 2.19. The summed E-state index contributed by atoms with van der Waals surface area (Å²) in [5.41, 5.74) is 3.53. The first-order valence-electron chi connectivity index (χ1n) is 11.3. The molecule has 0 saturated carbocycles. The summed E-state index contributed by atoms with van der Waals surface area (Å²) in [5.74, 6) is 0.451. The van der Waals surface area contributed by atoms with Crippen molar-refractivity contribution in [2.45, 2.75) is 20.0 Å². The number of carbonyl (C=O) groups is 2. The summed E-state index contributed by atoms with van der Waals surface area (Å²) in [6.45, 7) is 8.03. The van der Waals surface area contributed by atoms with E-state index in [-0.39, 0.29) is 18.4 Å². The number of hydrogen-bond acceptors (Lipinski definition) is 6. The van der Waals surface area contributed by atoms with Gasteiger partial charge in [-0.05, 0) is 49.2 Å². The van der Waals surface area contributed by atoms with Gasteiger partial charge in [0.25, 0.3) is 5.91 Å². The van der Waals surface area contributed by atoms with Crippen LogP contribution in [0.2, 0.25) is 0 Å². The van der Waals surface area contributed by atoms with E-state index >= 15 is 0 Å². The summed E-state index contributed by atoms with van der Waals surface area (Å²) in [7, 11) is 1.58. The number of nitrogens with one attached hydrogen (secondary N) is 2. The molecule has 0 aromatic heterocycles. The number of hydrogen-bond donors (Lipinski definition) is 3. The maximum absolute atomic E-state index is 12.5. The molecule has 8 nitrogen and oxygen atoms in total. The topological polar surface area (TPSA) is 94.1 Å². The Bertz CT molecular complexity index is 920. The van der Waals surface area contributed by atoms with Gasteiger partial charge in [-0.2, -0.15) is 0 Å². The van der Waals surface area contributed by atoms with E-state index in [0.29, 0.717) is 24.4 Å². The van der Waals surface area contributed by atoms with Gasteiger partial charge >= 0.3 is 0 Å². The van der Waals surface area contributed by atoms with Crippen molar-refractivity contribution in [2.75, 3.05) is 58.2 Å². The van der Waals surface area contributed by atoms with Crippen molar-refractivity contribution in [3.05, 3.63) is 59.2 Å². The van der Waals surface area contributed by atoms with E-state index in [1.54, 1.807) is 31.4 Å². The summed E-state index contributed by atoms with van der Waals surface area (Å²) in [5, 5.41) is 16.2. The van der Waals surface area contributed by atoms with Crippen molar-refractivity contribution in [2.24, 2.45) is 0 Å². The quantitative estimate of drug-likeness (QED) is 0.534. The predicted molar refractivity (Wildman–Crippen MR) is 129 cm³/mol. The number of methoxy groups -OCH3 is 1. The third-order valence-corrected chi connectivity index (χ3v) is 5.90. The van der Waals surface area contributed by atoms with Crippen LogP contribution in [0.3, 0.4) is 0 Å². The van der Waals surface area contributed by atoms with Crippen molar-refractivity contribution in [1.29, 1.82) is 0 Å². The molecule has 0 radical (unpaired) electrons. The first-order valence-corrected chi connectivity index (χ1v) is 11.3. The number of aliphatic hydroxyl groups excluding tert-OH is 1. The number of aryl methyl sites for hydroxylation is 2. The normalized spacial score (nSPS) is 15.6. The van der Waals surface area contributed by atoms with Crippen LogP contribution in [0.5, 0.6) is 5.75 Å². The highest BCUT2D eigenvalue weighted by Gasteiger charge is 2.21. The molecule has 0 bridgehead atoms. The number of para-hydroxylation sites is 1. The van der Waals surface area contributed by atoms with Crippen LogP contribution in [0.4, 0.5) is 5.69 Å². The zero-order valence-corrected chi connectivity index (χ0v) is 19.6. The minimum absolute atomic E-state index is 0.0119. The summed E-state index contributed by atoms with van der Waals surface area (Å²) in [4.78, 5) is 29.0. The van der Waals surface area contributed by atoms with E-state index in [1.165, 1.54) is 0 Å². The second kappa shape index (κ2) is 11.8. The average molecular weight is 455 g/mol. The molecule has 3 N–H and O–H groups in total. The molecule has 2 aromatic carbocycles. The van der Waals surface area contributed by atoms with Crippen molar-refractivity contribution in [3.8, 4) is 5.75 Å². The molecular formula is C25H34N4O4. The predicted octanol–water partition coefficient (Wildman–Crippen LogP) is 1.66. The second-order valence-electron chi connectivity index (χ2n) is 8.48. The Morgan fingerprint density at radius 1 is 1.00 bits per heavy atom. The first kappa shape index (κ1) is 24.7. The van der Waals surface area contributed by atoms with Crippen molar-refractivity contribution in [1.82, 2.24) is 15.1 Å². The van der Waals surface area contributed by atoms with Gasteiger partial charge < -0.3 is 20.5 Å². The van der Waals surface area contributed by atoms with Gasteiger partial charge in [0.1, 0.15) is 5.75 Å². The SMILES string of the molecule is COc1ccc(C(=O)NCC(O)CN2CCN(CC(=O)Nc3c(C)cccc3C)CC2)cc1. The highest BCUT2D eigenvalue weighted by atomic mass is 16.5. The molecular weight excluding hydrogens is 420 g/mol. The minimum atomic E-state index is -0.661. The van der Waals surface area contributed by atoms with Crippen LogP contribution in [0.1, 0.15) is 21.5 Å². The maximum atomic E-state index is 12.5. The number of piperazine rings is 1. The molecule has 0 spiro atoms. The lowest BCUT2D eigenvalue weighted by Gasteiger charge is -2.35. The number of carbonyl (C=O) groups excluding carboxylic acids is 2. The van der Waals surface area contributed by atoms with Crippen LogP contribution in [0.15, 0.2) is 42.5 Å². The molecule has 178 valence electrons. The van der Waals surface area contributed by atoms with Crippen LogP contribution in [-0.2, 0) is 4.79 Å². The number of amides is 2. The van der Waals surface area contributed by atoms with Crippen LogP contribution in [0.25, 0.3) is 0 Å². The molecule has 2 aromatic rings. The summed E-state index contributed by atoms with van der Waals surface area (Å²) in [6, 6.07) is 12.8. The lowest BCUT2D eigenvalue weighted by molar-refractivity contribution is -0.117. The van der Waals surface area contributed by atoms with Gasteiger partial charge in [0.2, 0.25) is 5.91 Å². The van der Waals surface area contributed by atoms with Gasteiger partial charge in [-0.1, -0.05) is 18.2 Å². The maximum Gasteiger partial charge on any atom is 0.251 e. The number of benzene rings is 2. The van der Waals surface area contributed by atoms with Crippen LogP contribution >= 0.6 is 0 Å². The molecule has 1 atom stereocenters. The van der Waals surface area contributed by atoms with E-state index in [4.69, 9.17) is 4.74 Å². The zero-order valence-electron chi connectivity index (χ0n) is 19.6. The largest absolute Gasteiger partial charge is 0.497 e. The number of anilines is 1. The van der Waals surface area contributed by atoms with Crippen molar-refractivity contribution < 1.29 is 19.4 Å². The fourth-order valence-corrected chi connectivity index (χ4v) is 3.94. The van der Waals surface area contributed by atoms with E-state index in [1.807, 2.05) is 32.0 Å². The molecule has 1 fully saturated rings. The molecule has 1 aliphatic heterocycles. The number of ether oxygens (including phenoxy) is 1. The van der Waals surface area contributed by atoms with Gasteiger partial charge in [-0.3, -0.25) is 19.4 Å². The number of nitrogens with zero attached hydrogens (tertiary/aromatic N) is 2. The van der Waals surface area contributed by atoms with Gasteiger partial charge in [-0.25, -0.2) is 0 Å². The lowest BCUT2D eigenvalue weighted by atomic mass is 10.1. The molecule has 8 heteroatoms. The summed E-state index contributed by atoms with van der Waals surface area (Å²) in [6.07, 6.45) is -0.661. The fraction of sp³-hybridized carbons (Fsp3) is 0.440. The zero-order chi connectivity index (χ0) is 23.8. The third-order valence-electron chi connectivity index (χ3n) is 5.90. The smallest absolute Gasteiger partial charge is 0.251 e. The Hall–Kier alpha value is -2.94. The van der Waals surface area contributed by atoms with Crippen LogP contribution in [-0.4, -0.2) is 85.7 Å². The molecule has 1 heterocycles. The van der Waals surface area contributed by atoms with E-state index in [2.05, 4.69) is 20.4 Å². The molecule has 2 amide bonds. The molecule has 1 saturated heterocycles. The molecule has 1 unspecified atom stereocenters. The summed E-state index contributed by atoms with van der Waals surface area (Å²) >= 11 is 0. The van der Waals surface area contributed by atoms with Crippen LogP contribution in [0, 0.1) is 13.8 Å². The Morgan fingerprint density at radius 3 is 2.21 bits per heavy atom. The number of β-amino-alcohol motifs (C(OH)–C–C–N with tert-alkyl or cyclic N) is 1. The molecule has 33 heavy (non-hydrogen) atoms. The molecule has 1 aliphatic rings.